The molecule has 0 bridgehead atoms. The van der Waals surface area contributed by atoms with Crippen LogP contribution in [0.4, 0.5) is 0 Å². The highest BCUT2D eigenvalue weighted by Gasteiger charge is 2.30. The molecule has 1 aliphatic rings. The van der Waals surface area contributed by atoms with Gasteiger partial charge in [0.25, 0.3) is 5.91 Å². The van der Waals surface area contributed by atoms with Crippen molar-refractivity contribution in [2.24, 2.45) is 11.1 Å². The summed E-state index contributed by atoms with van der Waals surface area (Å²) in [4.78, 5) is 23.3. The minimum absolute atomic E-state index is 0. The van der Waals surface area contributed by atoms with Gasteiger partial charge in [0.15, 0.2) is 0 Å². The van der Waals surface area contributed by atoms with Crippen LogP contribution in [0, 0.1) is 5.41 Å². The average Bonchev–Trinajstić information content (AvgIpc) is 2.19. The molecule has 0 aromatic heterocycles. The number of carbonyl (C=O) groups is 2. The molecule has 100 valence electrons. The third kappa shape index (κ3) is 5.04. The van der Waals surface area contributed by atoms with Crippen LogP contribution in [0.25, 0.3) is 0 Å². The van der Waals surface area contributed by atoms with Gasteiger partial charge < -0.3 is 11.1 Å². The third-order valence-electron chi connectivity index (χ3n) is 2.99. The predicted octanol–water partition coefficient (Wildman–Crippen LogP) is 1.41. The molecule has 0 heterocycles. The van der Waals surface area contributed by atoms with Gasteiger partial charge in [-0.1, -0.05) is 20.8 Å². The molecule has 1 aliphatic carbocycles. The molecule has 0 radical (unpaired) electrons. The lowest BCUT2D eigenvalue weighted by Gasteiger charge is -2.27. The van der Waals surface area contributed by atoms with E-state index in [4.69, 9.17) is 5.73 Å². The average molecular weight is 263 g/mol. The first-order valence-electron chi connectivity index (χ1n) is 5.91. The minimum Gasteiger partial charge on any atom is -0.347 e. The van der Waals surface area contributed by atoms with Gasteiger partial charge in [-0.25, -0.2) is 0 Å². The summed E-state index contributed by atoms with van der Waals surface area (Å²) in [5.41, 5.74) is 5.18. The van der Waals surface area contributed by atoms with Crippen molar-refractivity contribution < 1.29 is 9.59 Å². The van der Waals surface area contributed by atoms with Crippen LogP contribution in [-0.2, 0) is 9.59 Å². The summed E-state index contributed by atoms with van der Waals surface area (Å²) in [6.45, 7) is 5.27. The van der Waals surface area contributed by atoms with Crippen molar-refractivity contribution in [1.29, 1.82) is 0 Å². The number of halogens is 1. The van der Waals surface area contributed by atoms with Gasteiger partial charge in [0.05, 0.1) is 0 Å². The third-order valence-corrected chi connectivity index (χ3v) is 2.99. The first-order valence-corrected chi connectivity index (χ1v) is 5.91. The Kier molecular flexibility index (Phi) is 6.13. The van der Waals surface area contributed by atoms with Crippen LogP contribution in [0.1, 0.15) is 46.5 Å². The number of amides is 1. The fourth-order valence-electron chi connectivity index (χ4n) is 1.86. The first-order chi connectivity index (χ1) is 7.30. The summed E-state index contributed by atoms with van der Waals surface area (Å²) in [7, 11) is 0. The summed E-state index contributed by atoms with van der Waals surface area (Å²) >= 11 is 0. The number of hydrogen-bond acceptors (Lipinski definition) is 3. The fourth-order valence-corrected chi connectivity index (χ4v) is 1.86. The van der Waals surface area contributed by atoms with E-state index >= 15 is 0 Å². The van der Waals surface area contributed by atoms with Gasteiger partial charge in [0.2, 0.25) is 5.78 Å². The summed E-state index contributed by atoms with van der Waals surface area (Å²) in [6, 6.07) is 0.380. The summed E-state index contributed by atoms with van der Waals surface area (Å²) < 4.78 is 0. The standard InChI is InChI=1S/C12H22N2O2.ClH/c1-12(2,3)10(15)11(16)14-9-6-4-8(13)5-7-9;/h8-9H,4-7,13H2,1-3H3,(H,14,16);1H. The van der Waals surface area contributed by atoms with Crippen molar-refractivity contribution in [2.75, 3.05) is 0 Å². The zero-order valence-electron chi connectivity index (χ0n) is 10.8. The molecule has 0 aliphatic heterocycles. The highest BCUT2D eigenvalue weighted by atomic mass is 35.5. The van der Waals surface area contributed by atoms with Gasteiger partial charge in [-0.2, -0.15) is 0 Å². The van der Waals surface area contributed by atoms with E-state index in [1.54, 1.807) is 20.8 Å². The van der Waals surface area contributed by atoms with Crippen LogP contribution < -0.4 is 11.1 Å². The molecule has 5 heteroatoms. The zero-order valence-corrected chi connectivity index (χ0v) is 11.6. The lowest BCUT2D eigenvalue weighted by atomic mass is 9.88. The van der Waals surface area contributed by atoms with Crippen LogP contribution in [-0.4, -0.2) is 23.8 Å². The minimum atomic E-state index is -0.602. The van der Waals surface area contributed by atoms with Gasteiger partial charge in [-0.15, -0.1) is 12.4 Å². The summed E-state index contributed by atoms with van der Waals surface area (Å²) in [6.07, 6.45) is 3.61. The fraction of sp³-hybridized carbons (Fsp3) is 0.833. The molecule has 0 aromatic carbocycles. The largest absolute Gasteiger partial charge is 0.347 e. The van der Waals surface area contributed by atoms with Crippen LogP contribution in [0.3, 0.4) is 0 Å². The Hall–Kier alpha value is -0.610. The van der Waals surface area contributed by atoms with Gasteiger partial charge >= 0.3 is 0 Å². The van der Waals surface area contributed by atoms with E-state index in [-0.39, 0.29) is 30.3 Å². The van der Waals surface area contributed by atoms with Crippen molar-refractivity contribution in [2.45, 2.75) is 58.5 Å². The Bertz CT molecular complexity index is 279. The molecule has 0 unspecified atom stereocenters. The second-order valence-electron chi connectivity index (χ2n) is 5.66. The first kappa shape index (κ1) is 16.4. The second kappa shape index (κ2) is 6.36. The number of ketones is 1. The van der Waals surface area contributed by atoms with Crippen LogP contribution >= 0.6 is 12.4 Å². The summed E-state index contributed by atoms with van der Waals surface area (Å²) in [5, 5.41) is 2.80. The molecule has 1 amide bonds. The molecule has 0 atom stereocenters. The molecular formula is C12H23ClN2O2. The molecular weight excluding hydrogens is 240 g/mol. The van der Waals surface area contributed by atoms with E-state index in [0.717, 1.165) is 25.7 Å². The molecule has 0 saturated heterocycles. The highest BCUT2D eigenvalue weighted by Crippen LogP contribution is 2.18. The van der Waals surface area contributed by atoms with Crippen LogP contribution in [0.2, 0.25) is 0 Å². The van der Waals surface area contributed by atoms with Gasteiger partial charge in [-0.3, -0.25) is 9.59 Å². The van der Waals surface area contributed by atoms with E-state index in [1.165, 1.54) is 0 Å². The Morgan fingerprint density at radius 1 is 1.12 bits per heavy atom. The van der Waals surface area contributed by atoms with Crippen LogP contribution in [0.15, 0.2) is 0 Å². The molecule has 1 rings (SSSR count). The maximum atomic E-state index is 11.7. The SMILES string of the molecule is CC(C)(C)C(=O)C(=O)NC1CCC(N)CC1.Cl. The molecule has 0 aromatic rings. The summed E-state index contributed by atoms with van der Waals surface area (Å²) in [5.74, 6) is -0.796. The molecule has 0 spiro atoms. The number of carbonyl (C=O) groups excluding carboxylic acids is 2. The quantitative estimate of drug-likeness (QED) is 0.739. The molecule has 3 N–H and O–H groups in total. The Morgan fingerprint density at radius 2 is 1.59 bits per heavy atom. The monoisotopic (exact) mass is 262 g/mol. The van der Waals surface area contributed by atoms with Crippen molar-refractivity contribution in [3.63, 3.8) is 0 Å². The number of hydrogen-bond donors (Lipinski definition) is 2. The van der Waals surface area contributed by atoms with E-state index in [2.05, 4.69) is 5.32 Å². The van der Waals surface area contributed by atoms with Crippen molar-refractivity contribution in [1.82, 2.24) is 5.32 Å². The van der Waals surface area contributed by atoms with E-state index in [1.807, 2.05) is 0 Å². The molecule has 1 saturated carbocycles. The van der Waals surface area contributed by atoms with E-state index in [9.17, 15) is 9.59 Å². The Balaban J connectivity index is 0.00000256. The number of Topliss-reactive ketones (excluding diaryl/α,β-unsaturated/α-hetero) is 1. The second-order valence-corrected chi connectivity index (χ2v) is 5.66. The lowest BCUT2D eigenvalue weighted by Crippen LogP contribution is -2.46. The molecule has 1 fully saturated rings. The number of nitrogens with one attached hydrogen (secondary N) is 1. The van der Waals surface area contributed by atoms with Crippen LogP contribution in [0.5, 0.6) is 0 Å². The van der Waals surface area contributed by atoms with Crippen molar-refractivity contribution in [3.05, 3.63) is 0 Å². The normalized spacial score (nSPS) is 24.7. The zero-order chi connectivity index (χ0) is 12.3. The van der Waals surface area contributed by atoms with E-state index < -0.39 is 11.3 Å². The smallest absolute Gasteiger partial charge is 0.288 e. The topological polar surface area (TPSA) is 72.2 Å². The van der Waals surface area contributed by atoms with E-state index in [0.29, 0.717) is 0 Å². The molecule has 4 nitrogen and oxygen atoms in total. The number of rotatable bonds is 2. The van der Waals surface area contributed by atoms with Crippen molar-refractivity contribution in [3.8, 4) is 0 Å². The number of nitrogens with two attached hydrogens (primary N) is 1. The maximum Gasteiger partial charge on any atom is 0.288 e. The predicted molar refractivity (Wildman–Crippen MR) is 70.1 cm³/mol. The van der Waals surface area contributed by atoms with Gasteiger partial charge in [0, 0.05) is 17.5 Å². The highest BCUT2D eigenvalue weighted by molar-refractivity contribution is 6.37. The molecule has 17 heavy (non-hydrogen) atoms. The lowest BCUT2D eigenvalue weighted by molar-refractivity contribution is -0.143. The van der Waals surface area contributed by atoms with Crippen molar-refractivity contribution >= 4 is 24.1 Å². The Morgan fingerprint density at radius 3 is 2.00 bits per heavy atom. The maximum absolute atomic E-state index is 11.7. The Labute approximate surface area is 109 Å². The van der Waals surface area contributed by atoms with Gasteiger partial charge in [-0.05, 0) is 25.7 Å². The van der Waals surface area contributed by atoms with Gasteiger partial charge in [0.1, 0.15) is 0 Å².